The maximum Gasteiger partial charge on any atom is 0.269 e. The van der Waals surface area contributed by atoms with Gasteiger partial charge in [-0.2, -0.15) is 0 Å². The van der Waals surface area contributed by atoms with Crippen LogP contribution in [0.25, 0.3) is 0 Å². The first-order chi connectivity index (χ1) is 12.5. The first kappa shape index (κ1) is 18.7. The molecule has 1 aromatic rings. The first-order valence-electron chi connectivity index (χ1n) is 9.79. The molecule has 2 bridgehead atoms. The van der Waals surface area contributed by atoms with Crippen molar-refractivity contribution >= 4 is 17.5 Å². The Balaban J connectivity index is 1.47. The molecule has 142 valence electrons. The molecule has 1 heterocycles. The third-order valence-electron chi connectivity index (χ3n) is 6.20. The number of hydrogen-bond donors (Lipinski definition) is 2. The van der Waals surface area contributed by atoms with Crippen LogP contribution in [-0.4, -0.2) is 41.3 Å². The molecule has 0 aromatic carbocycles. The normalized spacial score (nSPS) is 24.3. The lowest BCUT2D eigenvalue weighted by atomic mass is 9.59. The zero-order valence-corrected chi connectivity index (χ0v) is 15.7. The summed E-state index contributed by atoms with van der Waals surface area (Å²) in [5.74, 6) is 0.900. The lowest BCUT2D eigenvalue weighted by Crippen LogP contribution is -2.43. The van der Waals surface area contributed by atoms with E-state index < -0.39 is 0 Å². The van der Waals surface area contributed by atoms with Gasteiger partial charge in [-0.05, 0) is 68.9 Å². The molecule has 3 saturated carbocycles. The Bertz CT molecular complexity index is 622. The molecule has 0 spiro atoms. The van der Waals surface area contributed by atoms with E-state index in [-0.39, 0.29) is 17.2 Å². The van der Waals surface area contributed by atoms with Crippen molar-refractivity contribution < 1.29 is 9.59 Å². The molecule has 0 saturated heterocycles. The average Bonchev–Trinajstić information content (AvgIpc) is 2.66. The molecular formula is C20H30N4O2. The van der Waals surface area contributed by atoms with Gasteiger partial charge in [0.25, 0.3) is 5.91 Å². The van der Waals surface area contributed by atoms with Gasteiger partial charge < -0.3 is 16.0 Å². The van der Waals surface area contributed by atoms with Gasteiger partial charge in [-0.25, -0.2) is 4.98 Å². The van der Waals surface area contributed by atoms with Crippen LogP contribution in [0.2, 0.25) is 0 Å². The summed E-state index contributed by atoms with van der Waals surface area (Å²) in [6.07, 6.45) is 9.65. The van der Waals surface area contributed by atoms with Crippen LogP contribution in [0.1, 0.15) is 62.4 Å². The molecule has 3 fully saturated rings. The van der Waals surface area contributed by atoms with Crippen molar-refractivity contribution in [2.75, 3.05) is 25.4 Å². The number of nitrogen functional groups attached to an aromatic ring is 1. The molecule has 0 aliphatic heterocycles. The highest BCUT2D eigenvalue weighted by atomic mass is 16.2. The summed E-state index contributed by atoms with van der Waals surface area (Å²) in [5.41, 5.74) is 6.70. The number of amides is 2. The number of carbonyl (C=O) groups is 2. The summed E-state index contributed by atoms with van der Waals surface area (Å²) >= 11 is 0. The fraction of sp³-hybridized carbons (Fsp3) is 0.650. The Labute approximate surface area is 155 Å². The molecule has 0 radical (unpaired) electrons. The van der Waals surface area contributed by atoms with E-state index >= 15 is 0 Å². The van der Waals surface area contributed by atoms with Gasteiger partial charge >= 0.3 is 0 Å². The SMILES string of the molecule is CCN(CCNC(=O)c1ccc(N)cn1)C(=O)CC12CCC(CC1)CC2. The van der Waals surface area contributed by atoms with Crippen LogP contribution in [0.4, 0.5) is 5.69 Å². The molecule has 4 rings (SSSR count). The van der Waals surface area contributed by atoms with Gasteiger partial charge in [-0.3, -0.25) is 9.59 Å². The lowest BCUT2D eigenvalue weighted by molar-refractivity contribution is -0.135. The number of nitrogens with two attached hydrogens (primary N) is 1. The standard InChI is InChI=1S/C20H30N4O2/c1-2-24(12-11-22-19(26)17-4-3-16(21)14-23-17)18(25)13-20-8-5-15(6-9-20)7-10-20/h3-4,14-15H,2,5-13,21H2,1H3,(H,22,26). The molecule has 6 heteroatoms. The van der Waals surface area contributed by atoms with Gasteiger partial charge in [0.1, 0.15) is 5.69 Å². The van der Waals surface area contributed by atoms with Gasteiger partial charge in [0.05, 0.1) is 11.9 Å². The highest BCUT2D eigenvalue weighted by Gasteiger charge is 2.42. The third kappa shape index (κ3) is 4.34. The van der Waals surface area contributed by atoms with Gasteiger partial charge in [0.15, 0.2) is 0 Å². The van der Waals surface area contributed by atoms with Crippen molar-refractivity contribution in [1.82, 2.24) is 15.2 Å². The maximum absolute atomic E-state index is 12.8. The van der Waals surface area contributed by atoms with Crippen LogP contribution in [-0.2, 0) is 4.79 Å². The molecule has 1 aromatic heterocycles. The quantitative estimate of drug-likeness (QED) is 0.784. The summed E-state index contributed by atoms with van der Waals surface area (Å²) < 4.78 is 0. The molecule has 3 aliphatic carbocycles. The number of aromatic nitrogens is 1. The van der Waals surface area contributed by atoms with Crippen LogP contribution in [0.3, 0.4) is 0 Å². The van der Waals surface area contributed by atoms with Gasteiger partial charge in [0.2, 0.25) is 5.91 Å². The molecule has 3 aliphatic rings. The number of nitrogens with one attached hydrogen (secondary N) is 1. The second kappa shape index (κ2) is 8.06. The van der Waals surface area contributed by atoms with E-state index in [4.69, 9.17) is 5.73 Å². The van der Waals surface area contributed by atoms with E-state index in [0.717, 1.165) is 5.92 Å². The van der Waals surface area contributed by atoms with Crippen molar-refractivity contribution in [2.45, 2.75) is 51.9 Å². The van der Waals surface area contributed by atoms with Crippen molar-refractivity contribution in [3.8, 4) is 0 Å². The summed E-state index contributed by atoms with van der Waals surface area (Å²) in [7, 11) is 0. The molecule has 2 amide bonds. The number of hydrogen-bond acceptors (Lipinski definition) is 4. The van der Waals surface area contributed by atoms with E-state index in [2.05, 4.69) is 10.3 Å². The third-order valence-corrected chi connectivity index (χ3v) is 6.20. The molecule has 3 N–H and O–H groups in total. The van der Waals surface area contributed by atoms with Gasteiger partial charge in [-0.1, -0.05) is 0 Å². The maximum atomic E-state index is 12.8. The second-order valence-electron chi connectivity index (χ2n) is 7.86. The average molecular weight is 358 g/mol. The number of rotatable bonds is 7. The number of pyridine rings is 1. The summed E-state index contributed by atoms with van der Waals surface area (Å²) in [4.78, 5) is 30.8. The minimum absolute atomic E-state index is 0.229. The Kier molecular flexibility index (Phi) is 5.79. The number of fused-ring (bicyclic) bond motifs is 3. The van der Waals surface area contributed by atoms with Crippen molar-refractivity contribution in [3.63, 3.8) is 0 Å². The largest absolute Gasteiger partial charge is 0.397 e. The monoisotopic (exact) mass is 358 g/mol. The highest BCUT2D eigenvalue weighted by Crippen LogP contribution is 2.52. The van der Waals surface area contributed by atoms with Crippen molar-refractivity contribution in [2.24, 2.45) is 11.3 Å². The number of nitrogens with zero attached hydrogens (tertiary/aromatic N) is 2. The van der Waals surface area contributed by atoms with E-state index in [0.29, 0.717) is 37.4 Å². The summed E-state index contributed by atoms with van der Waals surface area (Å²) in [6.45, 7) is 3.64. The number of likely N-dealkylation sites (N-methyl/N-ethyl adjacent to an activating group) is 1. The van der Waals surface area contributed by atoms with E-state index in [1.54, 1.807) is 12.1 Å². The van der Waals surface area contributed by atoms with Gasteiger partial charge in [0, 0.05) is 26.1 Å². The predicted octanol–water partition coefficient (Wildman–Crippen LogP) is 2.60. The molecule has 26 heavy (non-hydrogen) atoms. The smallest absolute Gasteiger partial charge is 0.269 e. The molecule has 6 nitrogen and oxygen atoms in total. The first-order valence-corrected chi connectivity index (χ1v) is 9.79. The fourth-order valence-electron chi connectivity index (χ4n) is 4.43. The minimum atomic E-state index is -0.238. The fourth-order valence-corrected chi connectivity index (χ4v) is 4.43. The predicted molar refractivity (Wildman–Crippen MR) is 101 cm³/mol. The Hall–Kier alpha value is -2.11. The van der Waals surface area contributed by atoms with Crippen molar-refractivity contribution in [1.29, 1.82) is 0 Å². The van der Waals surface area contributed by atoms with Crippen LogP contribution in [0.5, 0.6) is 0 Å². The van der Waals surface area contributed by atoms with Crippen LogP contribution >= 0.6 is 0 Å². The zero-order chi connectivity index (χ0) is 18.6. The van der Waals surface area contributed by atoms with Crippen molar-refractivity contribution in [3.05, 3.63) is 24.0 Å². The zero-order valence-electron chi connectivity index (χ0n) is 15.7. The topological polar surface area (TPSA) is 88.3 Å². The summed E-state index contributed by atoms with van der Waals surface area (Å²) in [5, 5.41) is 2.84. The lowest BCUT2D eigenvalue weighted by Gasteiger charge is -2.46. The van der Waals surface area contributed by atoms with Gasteiger partial charge in [-0.15, -0.1) is 0 Å². The van der Waals surface area contributed by atoms with E-state index in [1.807, 2.05) is 11.8 Å². The molecule has 0 unspecified atom stereocenters. The highest BCUT2D eigenvalue weighted by molar-refractivity contribution is 5.92. The summed E-state index contributed by atoms with van der Waals surface area (Å²) in [6, 6.07) is 3.26. The number of anilines is 1. The van der Waals surface area contributed by atoms with Crippen LogP contribution < -0.4 is 11.1 Å². The second-order valence-corrected chi connectivity index (χ2v) is 7.86. The number of carbonyl (C=O) groups excluding carboxylic acids is 2. The van der Waals surface area contributed by atoms with Crippen LogP contribution in [0.15, 0.2) is 18.3 Å². The van der Waals surface area contributed by atoms with Crippen LogP contribution in [0, 0.1) is 11.3 Å². The Morgan fingerprint density at radius 2 is 1.96 bits per heavy atom. The van der Waals surface area contributed by atoms with E-state index in [1.165, 1.54) is 44.7 Å². The molecule has 0 atom stereocenters. The Morgan fingerprint density at radius 3 is 2.54 bits per heavy atom. The molecular weight excluding hydrogens is 328 g/mol. The van der Waals surface area contributed by atoms with E-state index in [9.17, 15) is 9.59 Å². The Morgan fingerprint density at radius 1 is 1.27 bits per heavy atom. The minimum Gasteiger partial charge on any atom is -0.397 e.